The summed E-state index contributed by atoms with van der Waals surface area (Å²) in [6, 6.07) is 1.67. The Balaban J connectivity index is 3.07. The molecule has 6 nitrogen and oxygen atoms in total. The first kappa shape index (κ1) is 15.9. The van der Waals surface area contributed by atoms with E-state index in [1.807, 2.05) is 18.9 Å². The highest BCUT2D eigenvalue weighted by atomic mass is 79.9. The first-order valence-electron chi connectivity index (χ1n) is 5.54. The molecule has 106 valence electrons. The number of hydrogen-bond acceptors (Lipinski definition) is 5. The minimum atomic E-state index is -3.60. The van der Waals surface area contributed by atoms with Gasteiger partial charge in [-0.3, -0.25) is 0 Å². The summed E-state index contributed by atoms with van der Waals surface area (Å²) in [7, 11) is -1.69. The third kappa shape index (κ3) is 5.15. The Bertz CT molecular complexity index is 587. The van der Waals surface area contributed by atoms with Gasteiger partial charge in [0.05, 0.1) is 28.4 Å². The molecule has 19 heavy (non-hydrogen) atoms. The molecule has 0 aromatic carbocycles. The van der Waals surface area contributed by atoms with E-state index >= 15 is 0 Å². The standard InChI is InChI=1S/C11H16BrN3O3S/c1-5-15(3)7-13-10-6-9(12)11(14-8(10)2)18-19(4,16)17/h6-7H,5H2,1-4H3/b13-7+. The molecule has 8 heteroatoms. The van der Waals surface area contributed by atoms with E-state index in [9.17, 15) is 8.42 Å². The quantitative estimate of drug-likeness (QED) is 0.462. The van der Waals surface area contributed by atoms with Gasteiger partial charge < -0.3 is 9.08 Å². The largest absolute Gasteiger partial charge is 0.366 e. The molecule has 0 N–H and O–H groups in total. The van der Waals surface area contributed by atoms with Crippen LogP contribution < -0.4 is 4.18 Å². The molecule has 1 heterocycles. The Kier molecular flexibility index (Phi) is 5.30. The highest BCUT2D eigenvalue weighted by molar-refractivity contribution is 9.10. The minimum Gasteiger partial charge on any atom is -0.366 e. The summed E-state index contributed by atoms with van der Waals surface area (Å²) >= 11 is 3.22. The number of aliphatic imine (C=N–C) groups is 1. The van der Waals surface area contributed by atoms with Gasteiger partial charge in [-0.05, 0) is 35.8 Å². The normalized spacial score (nSPS) is 11.8. The second kappa shape index (κ2) is 6.33. The molecule has 0 unspecified atom stereocenters. The summed E-state index contributed by atoms with van der Waals surface area (Å²) < 4.78 is 27.4. The molecule has 0 fully saturated rings. The van der Waals surface area contributed by atoms with Gasteiger partial charge in [0, 0.05) is 13.6 Å². The Morgan fingerprint density at radius 3 is 2.74 bits per heavy atom. The molecule has 0 aliphatic rings. The Hall–Kier alpha value is -1.15. The molecule has 0 bridgehead atoms. The summed E-state index contributed by atoms with van der Waals surface area (Å²) in [5, 5.41) is 0. The predicted molar refractivity (Wildman–Crippen MR) is 78.6 cm³/mol. The van der Waals surface area contributed by atoms with Crippen LogP contribution in [0.25, 0.3) is 0 Å². The number of pyridine rings is 1. The fourth-order valence-electron chi connectivity index (χ4n) is 1.12. The molecule has 0 saturated heterocycles. The van der Waals surface area contributed by atoms with Crippen molar-refractivity contribution in [3.8, 4) is 5.88 Å². The van der Waals surface area contributed by atoms with Crippen LogP contribution in [0.3, 0.4) is 0 Å². The van der Waals surface area contributed by atoms with Crippen LogP contribution in [0.15, 0.2) is 15.5 Å². The van der Waals surface area contributed by atoms with E-state index in [2.05, 4.69) is 25.9 Å². The molecule has 1 aromatic heterocycles. The molecule has 0 aliphatic carbocycles. The average molecular weight is 350 g/mol. The fraction of sp³-hybridized carbons (Fsp3) is 0.455. The molecule has 0 spiro atoms. The van der Waals surface area contributed by atoms with Crippen molar-refractivity contribution >= 4 is 38.1 Å². The van der Waals surface area contributed by atoms with Gasteiger partial charge in [-0.25, -0.2) is 9.98 Å². The van der Waals surface area contributed by atoms with Crippen LogP contribution in [0.4, 0.5) is 5.69 Å². The molecular weight excluding hydrogens is 334 g/mol. The van der Waals surface area contributed by atoms with Crippen LogP contribution in [0, 0.1) is 6.92 Å². The summed E-state index contributed by atoms with van der Waals surface area (Å²) in [6.45, 7) is 4.59. The predicted octanol–water partition coefficient (Wildman–Crippen LogP) is 2.10. The molecule has 0 aliphatic heterocycles. The minimum absolute atomic E-state index is 0.0165. The van der Waals surface area contributed by atoms with Gasteiger partial charge in [0.2, 0.25) is 5.88 Å². The van der Waals surface area contributed by atoms with Crippen molar-refractivity contribution in [1.29, 1.82) is 0 Å². The second-order valence-electron chi connectivity index (χ2n) is 3.99. The van der Waals surface area contributed by atoms with E-state index in [1.165, 1.54) is 0 Å². The van der Waals surface area contributed by atoms with Crippen molar-refractivity contribution in [2.24, 2.45) is 4.99 Å². The number of rotatable bonds is 5. The van der Waals surface area contributed by atoms with Gasteiger partial charge in [-0.2, -0.15) is 8.42 Å². The molecule has 0 amide bonds. The monoisotopic (exact) mass is 349 g/mol. The summed E-state index contributed by atoms with van der Waals surface area (Å²) in [4.78, 5) is 10.3. The number of nitrogens with zero attached hydrogens (tertiary/aromatic N) is 3. The molecule has 0 atom stereocenters. The Morgan fingerprint density at radius 1 is 1.58 bits per heavy atom. The summed E-state index contributed by atoms with van der Waals surface area (Å²) in [6.07, 6.45) is 2.66. The number of halogens is 1. The van der Waals surface area contributed by atoms with Gasteiger partial charge in [-0.15, -0.1) is 0 Å². The number of aryl methyl sites for hydroxylation is 1. The lowest BCUT2D eigenvalue weighted by molar-refractivity contribution is 0.480. The zero-order chi connectivity index (χ0) is 14.6. The first-order chi connectivity index (χ1) is 8.73. The second-order valence-corrected chi connectivity index (χ2v) is 6.41. The third-order valence-electron chi connectivity index (χ3n) is 2.23. The van der Waals surface area contributed by atoms with E-state index < -0.39 is 10.1 Å². The number of hydrogen-bond donors (Lipinski definition) is 0. The van der Waals surface area contributed by atoms with E-state index in [1.54, 1.807) is 19.3 Å². The van der Waals surface area contributed by atoms with E-state index in [0.29, 0.717) is 15.9 Å². The summed E-state index contributed by atoms with van der Waals surface area (Å²) in [5.41, 5.74) is 1.23. The lowest BCUT2D eigenvalue weighted by atomic mass is 10.3. The van der Waals surface area contributed by atoms with E-state index in [0.717, 1.165) is 12.8 Å². The maximum absolute atomic E-state index is 11.1. The third-order valence-corrected chi connectivity index (χ3v) is 3.26. The fourth-order valence-corrected chi connectivity index (χ4v) is 2.03. The van der Waals surface area contributed by atoms with Crippen molar-refractivity contribution in [3.63, 3.8) is 0 Å². The zero-order valence-electron chi connectivity index (χ0n) is 11.2. The molecule has 1 aromatic rings. The average Bonchev–Trinajstić information content (AvgIpc) is 2.29. The van der Waals surface area contributed by atoms with Crippen molar-refractivity contribution < 1.29 is 12.6 Å². The van der Waals surface area contributed by atoms with Crippen LogP contribution in [-0.2, 0) is 10.1 Å². The highest BCUT2D eigenvalue weighted by Gasteiger charge is 2.12. The van der Waals surface area contributed by atoms with Crippen LogP contribution in [0.2, 0.25) is 0 Å². The smallest absolute Gasteiger partial charge is 0.307 e. The highest BCUT2D eigenvalue weighted by Crippen LogP contribution is 2.30. The van der Waals surface area contributed by atoms with E-state index in [4.69, 9.17) is 4.18 Å². The molecule has 0 radical (unpaired) electrons. The first-order valence-corrected chi connectivity index (χ1v) is 8.15. The Morgan fingerprint density at radius 2 is 2.21 bits per heavy atom. The topological polar surface area (TPSA) is 71.9 Å². The maximum atomic E-state index is 11.1. The molecule has 1 rings (SSSR count). The van der Waals surface area contributed by atoms with Crippen LogP contribution >= 0.6 is 15.9 Å². The van der Waals surface area contributed by atoms with E-state index in [-0.39, 0.29) is 5.88 Å². The lowest BCUT2D eigenvalue weighted by Crippen LogP contribution is -2.14. The molecule has 0 saturated carbocycles. The lowest BCUT2D eigenvalue weighted by Gasteiger charge is -2.10. The van der Waals surface area contributed by atoms with Crippen molar-refractivity contribution in [1.82, 2.24) is 9.88 Å². The summed E-state index contributed by atoms with van der Waals surface area (Å²) in [5.74, 6) is 0.0165. The van der Waals surface area contributed by atoms with Crippen molar-refractivity contribution in [2.75, 3.05) is 19.8 Å². The van der Waals surface area contributed by atoms with Gasteiger partial charge in [0.1, 0.15) is 0 Å². The van der Waals surface area contributed by atoms with Crippen molar-refractivity contribution in [3.05, 3.63) is 16.2 Å². The zero-order valence-corrected chi connectivity index (χ0v) is 13.6. The van der Waals surface area contributed by atoms with Gasteiger partial charge >= 0.3 is 10.1 Å². The van der Waals surface area contributed by atoms with Gasteiger partial charge in [0.15, 0.2) is 0 Å². The van der Waals surface area contributed by atoms with Crippen LogP contribution in [-0.4, -0.2) is 44.5 Å². The van der Waals surface area contributed by atoms with Crippen LogP contribution in [0.1, 0.15) is 12.6 Å². The molecular formula is C11H16BrN3O3S. The van der Waals surface area contributed by atoms with Crippen LogP contribution in [0.5, 0.6) is 5.88 Å². The Labute approximate surface area is 121 Å². The SMILES string of the molecule is CCN(C)/C=N/c1cc(Br)c(OS(C)(=O)=O)nc1C. The van der Waals surface area contributed by atoms with Gasteiger partial charge in [0.25, 0.3) is 0 Å². The van der Waals surface area contributed by atoms with Crippen molar-refractivity contribution in [2.45, 2.75) is 13.8 Å². The number of aromatic nitrogens is 1. The maximum Gasteiger partial charge on any atom is 0.307 e. The van der Waals surface area contributed by atoms with Gasteiger partial charge in [-0.1, -0.05) is 0 Å².